The Morgan fingerprint density at radius 3 is 2.52 bits per heavy atom. The highest BCUT2D eigenvalue weighted by Gasteiger charge is 2.40. The van der Waals surface area contributed by atoms with E-state index in [9.17, 15) is 14.4 Å². The molecule has 8 nitrogen and oxygen atoms in total. The number of urea groups is 1. The first-order chi connectivity index (χ1) is 11.7. The van der Waals surface area contributed by atoms with Crippen LogP contribution in [0, 0.1) is 6.92 Å². The molecule has 0 bridgehead atoms. The molecule has 1 saturated heterocycles. The number of ether oxygens (including phenoxy) is 2. The van der Waals surface area contributed by atoms with Crippen molar-refractivity contribution in [2.24, 2.45) is 0 Å². The molecule has 1 aromatic rings. The Balaban J connectivity index is 1.90. The quantitative estimate of drug-likeness (QED) is 0.816. The standard InChI is InChI=1S/C17H23N3O5/c1-11-5-7-12(8-6-11)19-15(22)18-9-13-14(21)24-10-20(13)16(23)25-17(2,3)4/h5-8,13H,9-10H2,1-4H3,(H2,18,19,22)/t13-/m0/s1. The van der Waals surface area contributed by atoms with Crippen molar-refractivity contribution in [1.29, 1.82) is 0 Å². The van der Waals surface area contributed by atoms with E-state index in [1.54, 1.807) is 32.9 Å². The highest BCUT2D eigenvalue weighted by atomic mass is 16.6. The Morgan fingerprint density at radius 1 is 1.28 bits per heavy atom. The molecule has 1 heterocycles. The highest BCUT2D eigenvalue weighted by molar-refractivity contribution is 5.90. The Hall–Kier alpha value is -2.77. The number of anilines is 1. The van der Waals surface area contributed by atoms with Crippen LogP contribution in [0.25, 0.3) is 0 Å². The molecule has 25 heavy (non-hydrogen) atoms. The molecule has 8 heteroatoms. The predicted molar refractivity (Wildman–Crippen MR) is 91.0 cm³/mol. The Kier molecular flexibility index (Phi) is 5.51. The summed E-state index contributed by atoms with van der Waals surface area (Å²) in [5.41, 5.74) is 1.01. The van der Waals surface area contributed by atoms with Gasteiger partial charge in [0.15, 0.2) is 12.8 Å². The zero-order chi connectivity index (χ0) is 18.6. The maximum atomic E-state index is 12.1. The largest absolute Gasteiger partial charge is 0.444 e. The lowest BCUT2D eigenvalue weighted by Crippen LogP contribution is -2.48. The van der Waals surface area contributed by atoms with Crippen molar-refractivity contribution in [2.45, 2.75) is 39.3 Å². The van der Waals surface area contributed by atoms with Gasteiger partial charge in [-0.3, -0.25) is 4.90 Å². The van der Waals surface area contributed by atoms with Gasteiger partial charge in [0.25, 0.3) is 0 Å². The van der Waals surface area contributed by atoms with Crippen LogP contribution in [0.3, 0.4) is 0 Å². The van der Waals surface area contributed by atoms with Gasteiger partial charge < -0.3 is 20.1 Å². The summed E-state index contributed by atoms with van der Waals surface area (Å²) in [6, 6.07) is 5.88. The molecule has 1 aliphatic heterocycles. The van der Waals surface area contributed by atoms with Gasteiger partial charge in [-0.05, 0) is 39.8 Å². The van der Waals surface area contributed by atoms with Crippen LogP contribution in [0.1, 0.15) is 26.3 Å². The number of cyclic esters (lactones) is 1. The minimum Gasteiger partial charge on any atom is -0.444 e. The summed E-state index contributed by atoms with van der Waals surface area (Å²) in [5.74, 6) is -0.582. The number of hydrogen-bond donors (Lipinski definition) is 2. The average Bonchev–Trinajstić information content (AvgIpc) is 2.87. The first-order valence-corrected chi connectivity index (χ1v) is 7.93. The van der Waals surface area contributed by atoms with Crippen LogP contribution in [0.4, 0.5) is 15.3 Å². The Bertz CT molecular complexity index is 651. The fraction of sp³-hybridized carbons (Fsp3) is 0.471. The molecule has 0 saturated carbocycles. The summed E-state index contributed by atoms with van der Waals surface area (Å²) in [5, 5.41) is 5.22. The molecule has 1 fully saturated rings. The molecule has 0 aromatic heterocycles. The first kappa shape index (κ1) is 18.6. The maximum absolute atomic E-state index is 12.1. The van der Waals surface area contributed by atoms with Crippen molar-refractivity contribution < 1.29 is 23.9 Å². The first-order valence-electron chi connectivity index (χ1n) is 7.93. The number of hydrogen-bond acceptors (Lipinski definition) is 5. The maximum Gasteiger partial charge on any atom is 0.413 e. The number of carbonyl (C=O) groups is 3. The van der Waals surface area contributed by atoms with Gasteiger partial charge in [0.1, 0.15) is 5.60 Å². The van der Waals surface area contributed by atoms with Crippen LogP contribution in [0.15, 0.2) is 24.3 Å². The van der Waals surface area contributed by atoms with E-state index in [0.29, 0.717) is 5.69 Å². The van der Waals surface area contributed by atoms with Crippen molar-refractivity contribution in [2.75, 3.05) is 18.6 Å². The summed E-state index contributed by atoms with van der Waals surface area (Å²) >= 11 is 0. The van der Waals surface area contributed by atoms with Crippen molar-refractivity contribution in [3.05, 3.63) is 29.8 Å². The molecule has 0 radical (unpaired) electrons. The SMILES string of the molecule is Cc1ccc(NC(=O)NC[C@H]2C(=O)OCN2C(=O)OC(C)(C)C)cc1. The fourth-order valence-electron chi connectivity index (χ4n) is 2.14. The van der Waals surface area contributed by atoms with Gasteiger partial charge in [-0.2, -0.15) is 0 Å². The van der Waals surface area contributed by atoms with Gasteiger partial charge in [0.2, 0.25) is 0 Å². The lowest BCUT2D eigenvalue weighted by molar-refractivity contribution is -0.138. The van der Waals surface area contributed by atoms with Gasteiger partial charge in [-0.15, -0.1) is 0 Å². The highest BCUT2D eigenvalue weighted by Crippen LogP contribution is 2.16. The molecule has 2 N–H and O–H groups in total. The lowest BCUT2D eigenvalue weighted by Gasteiger charge is -2.25. The summed E-state index contributed by atoms with van der Waals surface area (Å²) in [6.07, 6.45) is -0.663. The van der Waals surface area contributed by atoms with Gasteiger partial charge >= 0.3 is 18.1 Å². The van der Waals surface area contributed by atoms with E-state index < -0.39 is 29.7 Å². The molecule has 0 unspecified atom stereocenters. The van der Waals surface area contributed by atoms with Gasteiger partial charge in [-0.1, -0.05) is 17.7 Å². The summed E-state index contributed by atoms with van der Waals surface area (Å²) in [6.45, 7) is 6.86. The van der Waals surface area contributed by atoms with Crippen molar-refractivity contribution in [3.63, 3.8) is 0 Å². The fourth-order valence-corrected chi connectivity index (χ4v) is 2.14. The van der Waals surface area contributed by atoms with Gasteiger partial charge in [0.05, 0.1) is 6.54 Å². The predicted octanol–water partition coefficient (Wildman–Crippen LogP) is 2.24. The number of benzene rings is 1. The van der Waals surface area contributed by atoms with E-state index in [4.69, 9.17) is 9.47 Å². The van der Waals surface area contributed by atoms with Crippen LogP contribution in [0.2, 0.25) is 0 Å². The van der Waals surface area contributed by atoms with Crippen LogP contribution in [-0.4, -0.2) is 47.9 Å². The Labute approximate surface area is 146 Å². The molecule has 2 rings (SSSR count). The van der Waals surface area contributed by atoms with Gasteiger partial charge in [0, 0.05) is 5.69 Å². The topological polar surface area (TPSA) is 97.0 Å². The van der Waals surface area contributed by atoms with E-state index in [1.165, 1.54) is 0 Å². The third-order valence-electron chi connectivity index (χ3n) is 3.39. The summed E-state index contributed by atoms with van der Waals surface area (Å²) < 4.78 is 10.1. The number of esters is 1. The van der Waals surface area contributed by atoms with E-state index >= 15 is 0 Å². The zero-order valence-corrected chi connectivity index (χ0v) is 14.8. The van der Waals surface area contributed by atoms with Crippen LogP contribution < -0.4 is 10.6 Å². The average molecular weight is 349 g/mol. The van der Waals surface area contributed by atoms with Crippen LogP contribution in [-0.2, 0) is 14.3 Å². The van der Waals surface area contributed by atoms with E-state index in [1.807, 2.05) is 19.1 Å². The second kappa shape index (κ2) is 7.42. The van der Waals surface area contributed by atoms with E-state index in [2.05, 4.69) is 10.6 Å². The third-order valence-corrected chi connectivity index (χ3v) is 3.39. The lowest BCUT2D eigenvalue weighted by atomic mass is 10.2. The monoisotopic (exact) mass is 349 g/mol. The number of carbonyl (C=O) groups excluding carboxylic acids is 3. The molecule has 3 amide bonds. The number of amides is 3. The molecule has 1 aliphatic rings. The second-order valence-electron chi connectivity index (χ2n) is 6.76. The number of nitrogens with zero attached hydrogens (tertiary/aromatic N) is 1. The van der Waals surface area contributed by atoms with E-state index in [0.717, 1.165) is 10.5 Å². The molecule has 0 spiro atoms. The number of aryl methyl sites for hydroxylation is 1. The Morgan fingerprint density at radius 2 is 1.92 bits per heavy atom. The molecule has 0 aliphatic carbocycles. The van der Waals surface area contributed by atoms with Crippen LogP contribution in [0.5, 0.6) is 0 Å². The minimum atomic E-state index is -0.918. The van der Waals surface area contributed by atoms with Crippen molar-refractivity contribution in [1.82, 2.24) is 10.2 Å². The van der Waals surface area contributed by atoms with Crippen molar-refractivity contribution >= 4 is 23.8 Å². The summed E-state index contributed by atoms with van der Waals surface area (Å²) in [7, 11) is 0. The molecular weight excluding hydrogens is 326 g/mol. The normalized spacial score (nSPS) is 17.0. The number of rotatable bonds is 3. The minimum absolute atomic E-state index is 0.0736. The second-order valence-corrected chi connectivity index (χ2v) is 6.76. The van der Waals surface area contributed by atoms with Crippen LogP contribution >= 0.6 is 0 Å². The molecular formula is C17H23N3O5. The van der Waals surface area contributed by atoms with Gasteiger partial charge in [-0.25, -0.2) is 14.4 Å². The molecule has 1 atom stereocenters. The van der Waals surface area contributed by atoms with Crippen molar-refractivity contribution in [3.8, 4) is 0 Å². The molecule has 1 aromatic carbocycles. The van der Waals surface area contributed by atoms with E-state index in [-0.39, 0.29) is 13.3 Å². The zero-order valence-electron chi connectivity index (χ0n) is 14.8. The number of nitrogens with one attached hydrogen (secondary N) is 2. The summed E-state index contributed by atoms with van der Waals surface area (Å²) in [4.78, 5) is 37.1. The molecule has 136 valence electrons. The third kappa shape index (κ3) is 5.37. The smallest absolute Gasteiger partial charge is 0.413 e.